The monoisotopic (exact) mass is 372 g/mol. The summed E-state index contributed by atoms with van der Waals surface area (Å²) in [7, 11) is 0. The van der Waals surface area contributed by atoms with Crippen LogP contribution < -0.4 is 0 Å². The molecule has 148 valence electrons. The lowest BCUT2D eigenvalue weighted by Crippen LogP contribution is -2.02. The predicted octanol–water partition coefficient (Wildman–Crippen LogP) is 5.63. The number of rotatable bonds is 6. The van der Waals surface area contributed by atoms with Crippen LogP contribution in [0.5, 0.6) is 0 Å². The Kier molecular flexibility index (Phi) is 13.1. The Morgan fingerprint density at radius 1 is 0.778 bits per heavy atom. The molecule has 0 spiro atoms. The molecule has 1 unspecified atom stereocenters. The summed E-state index contributed by atoms with van der Waals surface area (Å²) >= 11 is 0. The van der Waals surface area contributed by atoms with Crippen molar-refractivity contribution in [1.82, 2.24) is 0 Å². The molecule has 0 aliphatic carbocycles. The van der Waals surface area contributed by atoms with Crippen molar-refractivity contribution in [3.05, 3.63) is 71.8 Å². The van der Waals surface area contributed by atoms with Gasteiger partial charge in [0.05, 0.1) is 6.42 Å². The molecule has 0 fully saturated rings. The Balaban J connectivity index is 0.000000421. The summed E-state index contributed by atoms with van der Waals surface area (Å²) in [5, 5.41) is 16.9. The fraction of sp³-hybridized carbons (Fsp3) is 0.391. The third kappa shape index (κ3) is 15.4. The molecule has 0 aliphatic heterocycles. The predicted molar refractivity (Wildman–Crippen MR) is 110 cm³/mol. The zero-order chi connectivity index (χ0) is 20.7. The summed E-state index contributed by atoms with van der Waals surface area (Å²) in [6, 6.07) is 19.3. The number of carboxylic acids is 2. The van der Waals surface area contributed by atoms with Gasteiger partial charge >= 0.3 is 11.9 Å². The lowest BCUT2D eigenvalue weighted by atomic mass is 9.98. The third-order valence-corrected chi connectivity index (χ3v) is 3.32. The Morgan fingerprint density at radius 3 is 1.63 bits per heavy atom. The summed E-state index contributed by atoms with van der Waals surface area (Å²) in [5.74, 6) is -0.552. The molecule has 27 heavy (non-hydrogen) atoms. The molecule has 0 aliphatic rings. The average molecular weight is 373 g/mol. The van der Waals surface area contributed by atoms with Crippen molar-refractivity contribution in [2.24, 2.45) is 5.92 Å². The first kappa shape index (κ1) is 24.4. The van der Waals surface area contributed by atoms with E-state index in [1.165, 1.54) is 0 Å². The van der Waals surface area contributed by atoms with Gasteiger partial charge < -0.3 is 10.2 Å². The average Bonchev–Trinajstić information content (AvgIpc) is 2.61. The molecule has 2 aromatic carbocycles. The molecule has 0 amide bonds. The minimum absolute atomic E-state index is 0.101. The number of aliphatic carboxylic acids is 2. The normalized spacial score (nSPS) is 10.7. The maximum absolute atomic E-state index is 10.4. The zero-order valence-corrected chi connectivity index (χ0v) is 16.8. The maximum atomic E-state index is 10.4. The Morgan fingerprint density at radius 2 is 1.22 bits per heavy atom. The molecule has 4 nitrogen and oxygen atoms in total. The highest BCUT2D eigenvalue weighted by molar-refractivity contribution is 5.68. The lowest BCUT2D eigenvalue weighted by Gasteiger charge is -2.07. The van der Waals surface area contributed by atoms with E-state index in [1.807, 2.05) is 67.6 Å². The second-order valence-corrected chi connectivity index (χ2v) is 7.02. The minimum atomic E-state index is -0.744. The first-order valence-corrected chi connectivity index (χ1v) is 9.24. The number of hydrogen-bond donors (Lipinski definition) is 2. The van der Waals surface area contributed by atoms with Crippen LogP contribution in [-0.4, -0.2) is 22.2 Å². The highest BCUT2D eigenvalue weighted by Crippen LogP contribution is 2.17. The van der Waals surface area contributed by atoms with Crippen molar-refractivity contribution < 1.29 is 19.8 Å². The molecular formula is C23H32O4. The molecular weight excluding hydrogens is 340 g/mol. The van der Waals surface area contributed by atoms with Crippen LogP contribution in [0.15, 0.2) is 60.7 Å². The van der Waals surface area contributed by atoms with Gasteiger partial charge in [-0.15, -0.1) is 0 Å². The van der Waals surface area contributed by atoms with Crippen LogP contribution in [0.25, 0.3) is 0 Å². The highest BCUT2D eigenvalue weighted by atomic mass is 16.4. The smallest absolute Gasteiger partial charge is 0.303 e. The van der Waals surface area contributed by atoms with Crippen LogP contribution in [0.2, 0.25) is 0 Å². The van der Waals surface area contributed by atoms with Crippen molar-refractivity contribution in [3.63, 3.8) is 0 Å². The van der Waals surface area contributed by atoms with E-state index in [4.69, 9.17) is 10.2 Å². The fourth-order valence-electron chi connectivity index (χ4n) is 2.06. The van der Waals surface area contributed by atoms with Crippen LogP contribution in [0.3, 0.4) is 0 Å². The zero-order valence-electron chi connectivity index (χ0n) is 16.8. The first-order chi connectivity index (χ1) is 12.7. The van der Waals surface area contributed by atoms with E-state index >= 15 is 0 Å². The van der Waals surface area contributed by atoms with Crippen molar-refractivity contribution >= 4 is 11.9 Å². The van der Waals surface area contributed by atoms with E-state index in [0.29, 0.717) is 6.42 Å². The molecule has 4 heteroatoms. The largest absolute Gasteiger partial charge is 0.481 e. The van der Waals surface area contributed by atoms with Crippen LogP contribution in [0, 0.1) is 5.92 Å². The highest BCUT2D eigenvalue weighted by Gasteiger charge is 2.08. The van der Waals surface area contributed by atoms with E-state index in [9.17, 15) is 9.59 Å². The molecule has 2 N–H and O–H groups in total. The van der Waals surface area contributed by atoms with Crippen molar-refractivity contribution in [2.75, 3.05) is 0 Å². The van der Waals surface area contributed by atoms with Gasteiger partial charge in [-0.1, -0.05) is 88.4 Å². The number of carbonyl (C=O) groups is 2. The SMILES string of the molecule is CC(C)C.CC(CC(=O)O)c1ccccc1.O=C(O)CCc1ccccc1. The summed E-state index contributed by atoms with van der Waals surface area (Å²) in [6.07, 6.45) is 1.03. The lowest BCUT2D eigenvalue weighted by molar-refractivity contribution is -0.138. The molecule has 0 aromatic heterocycles. The molecule has 0 saturated heterocycles. The van der Waals surface area contributed by atoms with E-state index in [-0.39, 0.29) is 18.8 Å². The molecule has 1 atom stereocenters. The van der Waals surface area contributed by atoms with E-state index in [0.717, 1.165) is 17.0 Å². The van der Waals surface area contributed by atoms with Gasteiger partial charge in [0.1, 0.15) is 0 Å². The van der Waals surface area contributed by atoms with Gasteiger partial charge in [-0.25, -0.2) is 0 Å². The van der Waals surface area contributed by atoms with Crippen molar-refractivity contribution in [1.29, 1.82) is 0 Å². The molecule has 0 saturated carbocycles. The molecule has 0 bridgehead atoms. The minimum Gasteiger partial charge on any atom is -0.481 e. The topological polar surface area (TPSA) is 74.6 Å². The molecule has 0 heterocycles. The van der Waals surface area contributed by atoms with Crippen LogP contribution in [-0.2, 0) is 16.0 Å². The number of hydrogen-bond acceptors (Lipinski definition) is 2. The van der Waals surface area contributed by atoms with Gasteiger partial charge in [-0.3, -0.25) is 9.59 Å². The standard InChI is InChI=1S/C10H12O2.C9H10O2.C4H10/c1-8(7-10(11)12)9-5-3-2-4-6-9;10-9(11)7-6-8-4-2-1-3-5-8;1-4(2)3/h2-6,8H,7H2,1H3,(H,11,12);1-5H,6-7H2,(H,10,11);4H,1-3H3. The van der Waals surface area contributed by atoms with Crippen LogP contribution in [0.1, 0.15) is 57.6 Å². The molecule has 2 rings (SSSR count). The quantitative estimate of drug-likeness (QED) is 0.689. The Bertz CT molecular complexity index is 633. The van der Waals surface area contributed by atoms with Crippen molar-refractivity contribution in [3.8, 4) is 0 Å². The maximum Gasteiger partial charge on any atom is 0.303 e. The second kappa shape index (κ2) is 14.5. The van der Waals surface area contributed by atoms with E-state index in [1.54, 1.807) is 0 Å². The van der Waals surface area contributed by atoms with Crippen LogP contribution >= 0.6 is 0 Å². The second-order valence-electron chi connectivity index (χ2n) is 7.02. The van der Waals surface area contributed by atoms with Gasteiger partial charge in [0, 0.05) is 6.42 Å². The molecule has 0 radical (unpaired) electrons. The van der Waals surface area contributed by atoms with Gasteiger partial charge in [0.2, 0.25) is 0 Å². The summed E-state index contributed by atoms with van der Waals surface area (Å²) in [5.41, 5.74) is 2.16. The summed E-state index contributed by atoms with van der Waals surface area (Å²) in [6.45, 7) is 8.42. The van der Waals surface area contributed by atoms with Crippen LogP contribution in [0.4, 0.5) is 0 Å². The van der Waals surface area contributed by atoms with Gasteiger partial charge in [-0.05, 0) is 29.4 Å². The van der Waals surface area contributed by atoms with Gasteiger partial charge in [0.15, 0.2) is 0 Å². The summed E-state index contributed by atoms with van der Waals surface area (Å²) < 4.78 is 0. The fourth-order valence-corrected chi connectivity index (χ4v) is 2.06. The Labute approximate surface area is 162 Å². The van der Waals surface area contributed by atoms with Gasteiger partial charge in [0.25, 0.3) is 0 Å². The van der Waals surface area contributed by atoms with E-state index < -0.39 is 11.9 Å². The third-order valence-electron chi connectivity index (χ3n) is 3.32. The van der Waals surface area contributed by atoms with E-state index in [2.05, 4.69) is 20.8 Å². The Hall–Kier alpha value is -2.62. The van der Waals surface area contributed by atoms with Crippen molar-refractivity contribution in [2.45, 2.75) is 52.9 Å². The summed E-state index contributed by atoms with van der Waals surface area (Å²) in [4.78, 5) is 20.6. The number of benzene rings is 2. The molecule has 2 aromatic rings. The first-order valence-electron chi connectivity index (χ1n) is 9.24. The number of carboxylic acid groups (broad SMARTS) is 2. The van der Waals surface area contributed by atoms with Gasteiger partial charge in [-0.2, -0.15) is 0 Å². The number of aryl methyl sites for hydroxylation is 1.